The van der Waals surface area contributed by atoms with Crippen molar-refractivity contribution in [3.8, 4) is 22.8 Å². The topological polar surface area (TPSA) is 117 Å². The van der Waals surface area contributed by atoms with E-state index in [4.69, 9.17) is 9.15 Å². The Kier molecular flexibility index (Phi) is 7.01. The third kappa shape index (κ3) is 5.98. The molecule has 0 aliphatic heterocycles. The van der Waals surface area contributed by atoms with Gasteiger partial charge in [-0.25, -0.2) is 4.98 Å². The number of anilines is 1. The summed E-state index contributed by atoms with van der Waals surface area (Å²) in [6.45, 7) is -1.28. The van der Waals surface area contributed by atoms with Gasteiger partial charge in [0, 0.05) is 17.0 Å². The number of aryl methyl sites for hydroxylation is 1. The number of nitro groups is 1. The molecular weight excluding hydrogens is 484 g/mol. The van der Waals surface area contributed by atoms with Gasteiger partial charge in [-0.2, -0.15) is 8.78 Å². The van der Waals surface area contributed by atoms with Crippen molar-refractivity contribution in [1.29, 1.82) is 0 Å². The summed E-state index contributed by atoms with van der Waals surface area (Å²) in [6, 6.07) is 13.5. The number of carbonyl (C=O) groups excluding carboxylic acids is 1. The number of hydrogen-bond donors (Lipinski definition) is 1. The molecule has 1 N–H and O–H groups in total. The van der Waals surface area contributed by atoms with E-state index in [0.29, 0.717) is 22.1 Å². The number of furan rings is 1. The summed E-state index contributed by atoms with van der Waals surface area (Å²) in [5.74, 6) is -0.114. The van der Waals surface area contributed by atoms with Crippen molar-refractivity contribution in [3.63, 3.8) is 0 Å². The molecule has 1 amide bonds. The molecule has 2 aromatic heterocycles. The zero-order chi connectivity index (χ0) is 24.9. The molecule has 0 saturated heterocycles. The molecule has 0 aliphatic carbocycles. The van der Waals surface area contributed by atoms with E-state index in [0.717, 1.165) is 5.56 Å². The number of ether oxygens (including phenoxy) is 2. The number of nitrogens with zero attached hydrogens (tertiary/aromatic N) is 2. The first-order valence-electron chi connectivity index (χ1n) is 10.1. The van der Waals surface area contributed by atoms with Crippen LogP contribution in [0.25, 0.3) is 11.3 Å². The largest absolute Gasteiger partial charge is 0.479 e. The molecule has 35 heavy (non-hydrogen) atoms. The van der Waals surface area contributed by atoms with Crippen molar-refractivity contribution >= 4 is 28.1 Å². The fourth-order valence-corrected chi connectivity index (χ4v) is 3.76. The van der Waals surface area contributed by atoms with Crippen LogP contribution in [-0.4, -0.2) is 22.4 Å². The van der Waals surface area contributed by atoms with Crippen molar-refractivity contribution in [2.45, 2.75) is 20.1 Å². The van der Waals surface area contributed by atoms with Crippen molar-refractivity contribution in [1.82, 2.24) is 4.98 Å². The fraction of sp³-hybridized carbons (Fsp3) is 0.130. The van der Waals surface area contributed by atoms with Crippen LogP contribution in [0.2, 0.25) is 0 Å². The second-order valence-corrected chi connectivity index (χ2v) is 8.04. The molecule has 0 aliphatic rings. The Bertz CT molecular complexity index is 1350. The number of amides is 1. The second kappa shape index (κ2) is 10.3. The molecule has 180 valence electrons. The number of hydrogen-bond acceptors (Lipinski definition) is 8. The summed E-state index contributed by atoms with van der Waals surface area (Å²) in [4.78, 5) is 27.5. The van der Waals surface area contributed by atoms with Crippen LogP contribution in [-0.2, 0) is 6.61 Å². The first kappa shape index (κ1) is 23.8. The second-order valence-electron chi connectivity index (χ2n) is 7.18. The Morgan fingerprint density at radius 2 is 1.97 bits per heavy atom. The smallest absolute Gasteiger partial charge is 0.387 e. The molecule has 12 heteroatoms. The zero-order valence-electron chi connectivity index (χ0n) is 18.1. The summed E-state index contributed by atoms with van der Waals surface area (Å²) in [5.41, 5.74) is 1.77. The maximum Gasteiger partial charge on any atom is 0.387 e. The number of carbonyl (C=O) groups is 1. The van der Waals surface area contributed by atoms with E-state index in [9.17, 15) is 23.7 Å². The molecule has 2 aromatic carbocycles. The minimum atomic E-state index is -2.91. The Morgan fingerprint density at radius 3 is 2.69 bits per heavy atom. The van der Waals surface area contributed by atoms with Crippen molar-refractivity contribution in [2.75, 3.05) is 5.32 Å². The van der Waals surface area contributed by atoms with Crippen molar-refractivity contribution in [3.05, 3.63) is 87.2 Å². The highest BCUT2D eigenvalue weighted by Gasteiger charge is 2.18. The Balaban J connectivity index is 1.37. The predicted octanol–water partition coefficient (Wildman–Crippen LogP) is 6.05. The lowest BCUT2D eigenvalue weighted by Gasteiger charge is -2.05. The monoisotopic (exact) mass is 501 g/mol. The van der Waals surface area contributed by atoms with E-state index in [1.807, 2.05) is 0 Å². The van der Waals surface area contributed by atoms with E-state index < -0.39 is 17.4 Å². The van der Waals surface area contributed by atoms with E-state index in [1.54, 1.807) is 30.5 Å². The fourth-order valence-electron chi connectivity index (χ4n) is 3.05. The van der Waals surface area contributed by atoms with Crippen LogP contribution in [0.3, 0.4) is 0 Å². The summed E-state index contributed by atoms with van der Waals surface area (Å²) in [5, 5.41) is 15.8. The van der Waals surface area contributed by atoms with Gasteiger partial charge in [-0.1, -0.05) is 6.07 Å². The Hall–Kier alpha value is -4.32. The third-order valence-corrected chi connectivity index (χ3v) is 5.42. The normalized spacial score (nSPS) is 10.9. The number of nitrogens with one attached hydrogen (secondary N) is 1. The quantitative estimate of drug-likeness (QED) is 0.219. The highest BCUT2D eigenvalue weighted by atomic mass is 32.1. The lowest BCUT2D eigenvalue weighted by Crippen LogP contribution is -2.10. The molecule has 0 fully saturated rings. The van der Waals surface area contributed by atoms with Crippen molar-refractivity contribution < 1.29 is 32.4 Å². The van der Waals surface area contributed by atoms with Crippen LogP contribution in [0.15, 0.2) is 64.4 Å². The molecule has 0 saturated carbocycles. The molecule has 2 heterocycles. The summed E-state index contributed by atoms with van der Waals surface area (Å²) in [6.07, 6.45) is 0. The number of halogens is 2. The van der Waals surface area contributed by atoms with Crippen LogP contribution in [0.4, 0.5) is 19.6 Å². The summed E-state index contributed by atoms with van der Waals surface area (Å²) < 4.78 is 39.9. The molecule has 0 bridgehead atoms. The van der Waals surface area contributed by atoms with Gasteiger partial charge < -0.3 is 13.9 Å². The van der Waals surface area contributed by atoms with Gasteiger partial charge in [0.2, 0.25) is 0 Å². The lowest BCUT2D eigenvalue weighted by molar-refractivity contribution is -0.386. The molecule has 0 unspecified atom stereocenters. The number of thiazole rings is 1. The molecule has 0 atom stereocenters. The maximum absolute atomic E-state index is 12.5. The lowest BCUT2D eigenvalue weighted by atomic mass is 10.2. The highest BCUT2D eigenvalue weighted by Crippen LogP contribution is 2.29. The van der Waals surface area contributed by atoms with Crippen LogP contribution < -0.4 is 14.8 Å². The predicted molar refractivity (Wildman–Crippen MR) is 123 cm³/mol. The molecule has 4 aromatic rings. The van der Waals surface area contributed by atoms with Gasteiger partial charge in [0.25, 0.3) is 5.91 Å². The SMILES string of the molecule is Cc1ccc(OCc2ccc(C(=O)Nc3nc(-c4ccc(OC(F)F)cc4)cs3)o2)c([N+](=O)[O-])c1. The van der Waals surface area contributed by atoms with E-state index in [-0.39, 0.29) is 29.6 Å². The third-order valence-electron chi connectivity index (χ3n) is 4.67. The van der Waals surface area contributed by atoms with Gasteiger partial charge in [0.05, 0.1) is 10.6 Å². The Morgan fingerprint density at radius 1 is 1.20 bits per heavy atom. The molecule has 0 spiro atoms. The molecule has 9 nitrogen and oxygen atoms in total. The van der Waals surface area contributed by atoms with Gasteiger partial charge in [0.1, 0.15) is 18.1 Å². The summed E-state index contributed by atoms with van der Waals surface area (Å²) in [7, 11) is 0. The minimum Gasteiger partial charge on any atom is -0.479 e. The number of nitro benzene ring substituents is 1. The van der Waals surface area contributed by atoms with Gasteiger partial charge >= 0.3 is 12.3 Å². The number of benzene rings is 2. The van der Waals surface area contributed by atoms with Gasteiger partial charge in [-0.15, -0.1) is 11.3 Å². The van der Waals surface area contributed by atoms with Gasteiger partial charge in [-0.05, 0) is 55.0 Å². The molecule has 4 rings (SSSR count). The zero-order valence-corrected chi connectivity index (χ0v) is 18.9. The van der Waals surface area contributed by atoms with Gasteiger partial charge in [-0.3, -0.25) is 20.2 Å². The van der Waals surface area contributed by atoms with Crippen LogP contribution in [0, 0.1) is 17.0 Å². The van der Waals surface area contributed by atoms with Crippen LogP contribution >= 0.6 is 11.3 Å². The first-order chi connectivity index (χ1) is 16.8. The van der Waals surface area contributed by atoms with Crippen LogP contribution in [0.5, 0.6) is 11.5 Å². The minimum absolute atomic E-state index is 0.00672. The van der Waals surface area contributed by atoms with E-state index in [1.165, 1.54) is 47.7 Å². The Labute approximate surface area is 201 Å². The standard InChI is InChI=1S/C23H17F2N3O6S/c1-13-2-8-19(18(10-13)28(30)31)32-11-16-7-9-20(33-16)21(29)27-23-26-17(12-35-23)14-3-5-15(6-4-14)34-22(24)25/h2-10,12,22H,11H2,1H3,(H,26,27,29). The van der Waals surface area contributed by atoms with Crippen molar-refractivity contribution in [2.24, 2.45) is 0 Å². The molecule has 0 radical (unpaired) electrons. The number of alkyl halides is 2. The first-order valence-corrected chi connectivity index (χ1v) is 10.9. The average molecular weight is 501 g/mol. The average Bonchev–Trinajstić information content (AvgIpc) is 3.48. The van der Waals surface area contributed by atoms with Crippen LogP contribution in [0.1, 0.15) is 21.9 Å². The van der Waals surface area contributed by atoms with E-state index in [2.05, 4.69) is 15.0 Å². The maximum atomic E-state index is 12.5. The highest BCUT2D eigenvalue weighted by molar-refractivity contribution is 7.14. The van der Waals surface area contributed by atoms with E-state index >= 15 is 0 Å². The van der Waals surface area contributed by atoms with Gasteiger partial charge in [0.15, 0.2) is 16.6 Å². The summed E-state index contributed by atoms with van der Waals surface area (Å²) >= 11 is 1.18. The number of rotatable bonds is 9. The number of aromatic nitrogens is 1. The molecular formula is C23H17F2N3O6S.